The molecule has 3 rings (SSSR count). The molecule has 7 heteroatoms. The van der Waals surface area contributed by atoms with E-state index in [0.717, 1.165) is 4.88 Å². The van der Waals surface area contributed by atoms with Crippen LogP contribution in [-0.4, -0.2) is 24.5 Å². The van der Waals surface area contributed by atoms with E-state index in [-0.39, 0.29) is 30.3 Å². The summed E-state index contributed by atoms with van der Waals surface area (Å²) in [6.07, 6.45) is 4.43. The quantitative estimate of drug-likeness (QED) is 0.606. The Hall–Kier alpha value is -2.15. The maximum atomic E-state index is 12.8. The Kier molecular flexibility index (Phi) is 5.18. The van der Waals surface area contributed by atoms with E-state index in [2.05, 4.69) is 5.32 Å². The zero-order valence-corrected chi connectivity index (χ0v) is 15.8. The van der Waals surface area contributed by atoms with E-state index in [1.54, 1.807) is 13.0 Å². The van der Waals surface area contributed by atoms with Crippen molar-refractivity contribution in [2.75, 3.05) is 11.9 Å². The Morgan fingerprint density at radius 2 is 1.92 bits per heavy atom. The molecule has 0 unspecified atom stereocenters. The molecule has 1 aromatic rings. The predicted molar refractivity (Wildman–Crippen MR) is 95.7 cm³/mol. The largest absolute Gasteiger partial charge is 0.550 e. The van der Waals surface area contributed by atoms with Gasteiger partial charge in [0.1, 0.15) is 5.00 Å². The molecule has 2 aliphatic rings. The van der Waals surface area contributed by atoms with Crippen LogP contribution in [0, 0.1) is 23.7 Å². The summed E-state index contributed by atoms with van der Waals surface area (Å²) < 4.78 is 5.08. The monoisotopic (exact) mass is 376 g/mol. The fraction of sp³-hybridized carbons (Fsp3) is 0.526. The highest BCUT2D eigenvalue weighted by molar-refractivity contribution is 7.16. The topological polar surface area (TPSA) is 95.5 Å². The van der Waals surface area contributed by atoms with Gasteiger partial charge in [0.15, 0.2) is 0 Å². The third-order valence-electron chi connectivity index (χ3n) is 5.09. The number of nitrogens with one attached hydrogen (secondary N) is 1. The molecule has 0 radical (unpaired) electrons. The van der Waals surface area contributed by atoms with Crippen molar-refractivity contribution in [3.8, 4) is 0 Å². The lowest BCUT2D eigenvalue weighted by Crippen LogP contribution is -2.42. The molecule has 1 N–H and O–H groups in total. The highest BCUT2D eigenvalue weighted by Gasteiger charge is 2.48. The first kappa shape index (κ1) is 18.6. The summed E-state index contributed by atoms with van der Waals surface area (Å²) in [5.41, 5.74) is 0.317. The lowest BCUT2D eigenvalue weighted by molar-refractivity contribution is -0.313. The van der Waals surface area contributed by atoms with Gasteiger partial charge in [0.05, 0.1) is 18.1 Å². The number of hydrogen-bond donors (Lipinski definition) is 1. The first-order valence-electron chi connectivity index (χ1n) is 8.84. The van der Waals surface area contributed by atoms with Gasteiger partial charge in [-0.25, -0.2) is 4.79 Å². The van der Waals surface area contributed by atoms with Crippen LogP contribution in [0.4, 0.5) is 5.00 Å². The van der Waals surface area contributed by atoms with Crippen LogP contribution in [0.15, 0.2) is 18.2 Å². The normalized spacial score (nSPS) is 26.3. The Morgan fingerprint density at radius 3 is 2.50 bits per heavy atom. The molecule has 1 fully saturated rings. The van der Waals surface area contributed by atoms with Crippen molar-refractivity contribution in [3.63, 3.8) is 0 Å². The summed E-state index contributed by atoms with van der Waals surface area (Å²) in [6, 6.07) is 1.74. The fourth-order valence-corrected chi connectivity index (χ4v) is 4.90. The molecule has 140 valence electrons. The number of carboxylic acids is 1. The Morgan fingerprint density at radius 1 is 1.27 bits per heavy atom. The molecule has 0 aromatic carbocycles. The van der Waals surface area contributed by atoms with Crippen LogP contribution in [0.5, 0.6) is 0 Å². The summed E-state index contributed by atoms with van der Waals surface area (Å²) in [6.45, 7) is 5.96. The third kappa shape index (κ3) is 3.28. The van der Waals surface area contributed by atoms with Gasteiger partial charge in [0, 0.05) is 16.8 Å². The molecular weight excluding hydrogens is 354 g/mol. The third-order valence-corrected chi connectivity index (χ3v) is 6.44. The van der Waals surface area contributed by atoms with E-state index in [1.807, 2.05) is 26.0 Å². The molecule has 26 heavy (non-hydrogen) atoms. The van der Waals surface area contributed by atoms with Gasteiger partial charge in [-0.15, -0.1) is 11.3 Å². The van der Waals surface area contributed by atoms with Crippen LogP contribution in [0.1, 0.15) is 48.3 Å². The average molecular weight is 376 g/mol. The molecule has 6 nitrogen and oxygen atoms in total. The van der Waals surface area contributed by atoms with Crippen molar-refractivity contribution in [1.29, 1.82) is 0 Å². The van der Waals surface area contributed by atoms with Crippen LogP contribution >= 0.6 is 11.3 Å². The van der Waals surface area contributed by atoms with Gasteiger partial charge in [-0.05, 0) is 37.2 Å². The van der Waals surface area contributed by atoms with Gasteiger partial charge >= 0.3 is 5.97 Å². The SMILES string of the molecule is CCOC(=O)c1cc(C(C)C)sc1NC(=O)[C@@H]1[C@@H](C(=O)[O-])[C@@H]2C=C[C@@H]1C2. The molecule has 1 aromatic heterocycles. The van der Waals surface area contributed by atoms with Gasteiger partial charge in [0.2, 0.25) is 5.91 Å². The Labute approximate surface area is 156 Å². The number of carboxylic acid groups (broad SMARTS) is 1. The summed E-state index contributed by atoms with van der Waals surface area (Å²) >= 11 is 1.32. The summed E-state index contributed by atoms with van der Waals surface area (Å²) in [7, 11) is 0. The molecule has 0 spiro atoms. The second-order valence-electron chi connectivity index (χ2n) is 7.07. The second kappa shape index (κ2) is 7.23. The number of fused-ring (bicyclic) bond motifs is 2. The van der Waals surface area contributed by atoms with Crippen molar-refractivity contribution < 1.29 is 24.2 Å². The number of anilines is 1. The van der Waals surface area contributed by atoms with Crippen molar-refractivity contribution in [2.24, 2.45) is 23.7 Å². The van der Waals surface area contributed by atoms with Crippen LogP contribution in [0.25, 0.3) is 0 Å². The number of carbonyl (C=O) groups excluding carboxylic acids is 3. The smallest absolute Gasteiger partial charge is 0.341 e. The second-order valence-corrected chi connectivity index (χ2v) is 8.16. The molecule has 1 amide bonds. The molecule has 0 aliphatic heterocycles. The van der Waals surface area contributed by atoms with E-state index >= 15 is 0 Å². The van der Waals surface area contributed by atoms with Gasteiger partial charge in [-0.3, -0.25) is 4.79 Å². The highest BCUT2D eigenvalue weighted by Crippen LogP contribution is 2.48. The lowest BCUT2D eigenvalue weighted by atomic mass is 9.82. The molecule has 0 saturated heterocycles. The standard InChI is InChI=1S/C19H23NO5S/c1-4-25-19(24)12-8-13(9(2)3)26-17(12)20-16(21)14-10-5-6-11(7-10)15(14)18(22)23/h5-6,8-11,14-15H,4,7H2,1-3H3,(H,20,21)(H,22,23)/p-1/t10-,11-,14+,15+/m1/s1. The van der Waals surface area contributed by atoms with E-state index in [0.29, 0.717) is 17.0 Å². The van der Waals surface area contributed by atoms with Gasteiger partial charge < -0.3 is 20.0 Å². The summed E-state index contributed by atoms with van der Waals surface area (Å²) in [5, 5.41) is 14.7. The Balaban J connectivity index is 1.86. The molecule has 2 bridgehead atoms. The van der Waals surface area contributed by atoms with E-state index in [4.69, 9.17) is 4.74 Å². The van der Waals surface area contributed by atoms with Gasteiger partial charge in [0.25, 0.3) is 0 Å². The zero-order chi connectivity index (χ0) is 19.0. The van der Waals surface area contributed by atoms with E-state index < -0.39 is 23.8 Å². The number of esters is 1. The predicted octanol–water partition coefficient (Wildman–Crippen LogP) is 2.17. The van der Waals surface area contributed by atoms with Crippen LogP contribution < -0.4 is 10.4 Å². The number of hydrogen-bond acceptors (Lipinski definition) is 6. The average Bonchev–Trinajstić information content (AvgIpc) is 3.28. The molecule has 1 heterocycles. The van der Waals surface area contributed by atoms with Crippen molar-refractivity contribution in [1.82, 2.24) is 0 Å². The summed E-state index contributed by atoms with van der Waals surface area (Å²) in [5.74, 6) is -3.61. The van der Waals surface area contributed by atoms with E-state index in [1.165, 1.54) is 11.3 Å². The lowest BCUT2D eigenvalue weighted by Gasteiger charge is -2.27. The number of rotatable bonds is 6. The van der Waals surface area contributed by atoms with Crippen LogP contribution in [0.2, 0.25) is 0 Å². The minimum atomic E-state index is -1.19. The van der Waals surface area contributed by atoms with Crippen LogP contribution in [0.3, 0.4) is 0 Å². The number of allylic oxidation sites excluding steroid dienone is 2. The number of ether oxygens (including phenoxy) is 1. The van der Waals surface area contributed by atoms with Crippen molar-refractivity contribution >= 4 is 34.2 Å². The number of thiophene rings is 1. The number of amides is 1. The number of carbonyl (C=O) groups is 3. The zero-order valence-electron chi connectivity index (χ0n) is 15.0. The molecule has 2 aliphatic carbocycles. The molecular formula is C19H22NO5S-. The maximum Gasteiger partial charge on any atom is 0.341 e. The van der Waals surface area contributed by atoms with Gasteiger partial charge in [-0.2, -0.15) is 0 Å². The molecule has 1 saturated carbocycles. The minimum absolute atomic E-state index is 0.0986. The fourth-order valence-electron chi connectivity index (χ4n) is 3.84. The van der Waals surface area contributed by atoms with Gasteiger partial charge in [-0.1, -0.05) is 26.0 Å². The minimum Gasteiger partial charge on any atom is -0.550 e. The van der Waals surface area contributed by atoms with E-state index in [9.17, 15) is 19.5 Å². The first-order chi connectivity index (χ1) is 12.3. The maximum absolute atomic E-state index is 12.8. The van der Waals surface area contributed by atoms with Crippen molar-refractivity contribution in [3.05, 3.63) is 28.7 Å². The van der Waals surface area contributed by atoms with Crippen LogP contribution in [-0.2, 0) is 14.3 Å². The highest BCUT2D eigenvalue weighted by atomic mass is 32.1. The first-order valence-corrected chi connectivity index (χ1v) is 9.66. The van der Waals surface area contributed by atoms with Crippen molar-refractivity contribution in [2.45, 2.75) is 33.1 Å². The number of aliphatic carboxylic acids is 1. The Bertz CT molecular complexity index is 766. The molecule has 4 atom stereocenters. The summed E-state index contributed by atoms with van der Waals surface area (Å²) in [4.78, 5) is 37.5.